The lowest BCUT2D eigenvalue weighted by Crippen LogP contribution is -2.49. The van der Waals surface area contributed by atoms with Crippen LogP contribution in [-0.2, 0) is 9.59 Å². The Morgan fingerprint density at radius 1 is 1.22 bits per heavy atom. The Hall–Kier alpha value is -1.46. The molecular weight excluding hydrogens is 339 g/mol. The molecule has 2 rings (SSSR count). The molecule has 1 aromatic rings. The van der Waals surface area contributed by atoms with Crippen LogP contribution in [-0.4, -0.2) is 41.9 Å². The predicted molar refractivity (Wildman–Crippen MR) is 90.0 cm³/mol. The van der Waals surface area contributed by atoms with Crippen LogP contribution < -0.4 is 10.1 Å². The average molecular weight is 359 g/mol. The largest absolute Gasteiger partial charge is 0.481 e. The van der Waals surface area contributed by atoms with Crippen molar-refractivity contribution in [2.24, 2.45) is 0 Å². The van der Waals surface area contributed by atoms with Gasteiger partial charge in [0.1, 0.15) is 5.75 Å². The van der Waals surface area contributed by atoms with Gasteiger partial charge in [-0.05, 0) is 38.0 Å². The quantitative estimate of drug-likeness (QED) is 0.899. The van der Waals surface area contributed by atoms with Gasteiger partial charge < -0.3 is 15.0 Å². The molecule has 1 N–H and O–H groups in total. The Morgan fingerprint density at radius 2 is 1.78 bits per heavy atom. The average Bonchev–Trinajstić information content (AvgIpc) is 2.45. The van der Waals surface area contributed by atoms with Crippen molar-refractivity contribution in [2.45, 2.75) is 38.8 Å². The molecule has 0 aliphatic carbocycles. The maximum atomic E-state index is 12.4. The number of amides is 2. The number of nitrogens with one attached hydrogen (secondary N) is 1. The van der Waals surface area contributed by atoms with Crippen molar-refractivity contribution < 1.29 is 14.3 Å². The standard InChI is InChI=1S/C16H20Cl2N2O3/c1-10(23-15-8-12(17)7-13(18)9-15)16(22)20-5-3-14(4-6-20)19-11(2)21/h7-10,14H,3-6H2,1-2H3,(H,19,21). The lowest BCUT2D eigenvalue weighted by Gasteiger charge is -2.33. The third-order valence-electron chi connectivity index (χ3n) is 3.71. The molecule has 1 aromatic carbocycles. The minimum atomic E-state index is -0.623. The lowest BCUT2D eigenvalue weighted by molar-refractivity contribution is -0.139. The SMILES string of the molecule is CC(=O)NC1CCN(C(=O)C(C)Oc2cc(Cl)cc(Cl)c2)CC1. The van der Waals surface area contributed by atoms with Crippen molar-refractivity contribution >= 4 is 35.0 Å². The molecule has 1 aliphatic rings. The number of rotatable bonds is 4. The van der Waals surface area contributed by atoms with E-state index in [0.717, 1.165) is 12.8 Å². The molecule has 1 aliphatic heterocycles. The van der Waals surface area contributed by atoms with E-state index in [2.05, 4.69) is 5.32 Å². The summed E-state index contributed by atoms with van der Waals surface area (Å²) < 4.78 is 5.65. The smallest absolute Gasteiger partial charge is 0.263 e. The molecule has 1 fully saturated rings. The highest BCUT2D eigenvalue weighted by Crippen LogP contribution is 2.25. The molecule has 7 heteroatoms. The number of piperidine rings is 1. The highest BCUT2D eigenvalue weighted by Gasteiger charge is 2.27. The van der Waals surface area contributed by atoms with E-state index in [9.17, 15) is 9.59 Å². The molecule has 0 aromatic heterocycles. The summed E-state index contributed by atoms with van der Waals surface area (Å²) in [6, 6.07) is 5.00. The van der Waals surface area contributed by atoms with Crippen molar-refractivity contribution in [3.8, 4) is 5.75 Å². The molecule has 2 amide bonds. The maximum absolute atomic E-state index is 12.4. The van der Waals surface area contributed by atoms with Crippen LogP contribution in [0.2, 0.25) is 10.0 Å². The zero-order chi connectivity index (χ0) is 17.0. The summed E-state index contributed by atoms with van der Waals surface area (Å²) in [5, 5.41) is 3.81. The molecule has 126 valence electrons. The molecule has 0 saturated carbocycles. The monoisotopic (exact) mass is 358 g/mol. The van der Waals surface area contributed by atoms with Gasteiger partial charge in [0.15, 0.2) is 6.10 Å². The number of benzene rings is 1. The van der Waals surface area contributed by atoms with Crippen LogP contribution in [0.4, 0.5) is 0 Å². The number of hydrogen-bond donors (Lipinski definition) is 1. The Bertz CT molecular complexity index is 566. The fourth-order valence-corrected chi connectivity index (χ4v) is 3.15. The maximum Gasteiger partial charge on any atom is 0.263 e. The van der Waals surface area contributed by atoms with Crippen molar-refractivity contribution in [1.29, 1.82) is 0 Å². The fourth-order valence-electron chi connectivity index (χ4n) is 2.64. The summed E-state index contributed by atoms with van der Waals surface area (Å²) in [5.41, 5.74) is 0. The molecule has 1 heterocycles. The second-order valence-corrected chi connectivity index (χ2v) is 6.54. The minimum absolute atomic E-state index is 0.0377. The first-order chi connectivity index (χ1) is 10.8. The summed E-state index contributed by atoms with van der Waals surface area (Å²) in [5.74, 6) is 0.350. The predicted octanol–water partition coefficient (Wildman–Crippen LogP) is 2.89. The number of ether oxygens (including phenoxy) is 1. The molecular formula is C16H20Cl2N2O3. The Balaban J connectivity index is 1.89. The minimum Gasteiger partial charge on any atom is -0.481 e. The van der Waals surface area contributed by atoms with E-state index in [4.69, 9.17) is 27.9 Å². The van der Waals surface area contributed by atoms with Crippen molar-refractivity contribution in [3.05, 3.63) is 28.2 Å². The first kappa shape index (κ1) is 17.9. The van der Waals surface area contributed by atoms with Crippen LogP contribution in [0.15, 0.2) is 18.2 Å². The number of likely N-dealkylation sites (tertiary alicyclic amines) is 1. The summed E-state index contributed by atoms with van der Waals surface area (Å²) in [4.78, 5) is 25.3. The number of halogens is 2. The van der Waals surface area contributed by atoms with Gasteiger partial charge in [-0.1, -0.05) is 23.2 Å². The van der Waals surface area contributed by atoms with Gasteiger partial charge in [-0.3, -0.25) is 9.59 Å². The number of nitrogens with zero attached hydrogens (tertiary/aromatic N) is 1. The Kier molecular flexibility index (Phi) is 6.13. The van der Waals surface area contributed by atoms with Crippen LogP contribution in [0, 0.1) is 0 Å². The van der Waals surface area contributed by atoms with Gasteiger partial charge >= 0.3 is 0 Å². The zero-order valence-corrected chi connectivity index (χ0v) is 14.7. The topological polar surface area (TPSA) is 58.6 Å². The second-order valence-electron chi connectivity index (χ2n) is 5.67. The van der Waals surface area contributed by atoms with E-state index in [1.54, 1.807) is 30.0 Å². The summed E-state index contributed by atoms with van der Waals surface area (Å²) in [6.07, 6.45) is 0.879. The van der Waals surface area contributed by atoms with Gasteiger partial charge in [0.25, 0.3) is 5.91 Å². The Morgan fingerprint density at radius 3 is 2.30 bits per heavy atom. The van der Waals surface area contributed by atoms with E-state index in [1.807, 2.05) is 0 Å². The van der Waals surface area contributed by atoms with Gasteiger partial charge in [0.2, 0.25) is 5.91 Å². The van der Waals surface area contributed by atoms with Crippen molar-refractivity contribution in [1.82, 2.24) is 10.2 Å². The van der Waals surface area contributed by atoms with Crippen LogP contribution in [0.25, 0.3) is 0 Å². The molecule has 1 saturated heterocycles. The van der Waals surface area contributed by atoms with Gasteiger partial charge in [0.05, 0.1) is 0 Å². The molecule has 0 bridgehead atoms. The van der Waals surface area contributed by atoms with Crippen LogP contribution >= 0.6 is 23.2 Å². The zero-order valence-electron chi connectivity index (χ0n) is 13.1. The Labute approximate surface area is 145 Å². The van der Waals surface area contributed by atoms with E-state index >= 15 is 0 Å². The van der Waals surface area contributed by atoms with Crippen LogP contribution in [0.3, 0.4) is 0 Å². The first-order valence-corrected chi connectivity index (χ1v) is 8.29. The van der Waals surface area contributed by atoms with E-state index in [-0.39, 0.29) is 17.9 Å². The molecule has 0 radical (unpaired) electrons. The highest BCUT2D eigenvalue weighted by molar-refractivity contribution is 6.34. The van der Waals surface area contributed by atoms with E-state index in [0.29, 0.717) is 28.9 Å². The van der Waals surface area contributed by atoms with Crippen molar-refractivity contribution in [2.75, 3.05) is 13.1 Å². The van der Waals surface area contributed by atoms with Crippen molar-refractivity contribution in [3.63, 3.8) is 0 Å². The molecule has 1 atom stereocenters. The third kappa shape index (κ3) is 5.29. The van der Waals surface area contributed by atoms with E-state index < -0.39 is 6.10 Å². The third-order valence-corrected chi connectivity index (χ3v) is 4.15. The summed E-state index contributed by atoms with van der Waals surface area (Å²) in [7, 11) is 0. The number of carbonyl (C=O) groups is 2. The van der Waals surface area contributed by atoms with Crippen LogP contribution in [0.5, 0.6) is 5.75 Å². The van der Waals surface area contributed by atoms with Gasteiger partial charge in [-0.2, -0.15) is 0 Å². The number of carbonyl (C=O) groups excluding carboxylic acids is 2. The highest BCUT2D eigenvalue weighted by atomic mass is 35.5. The molecule has 5 nitrogen and oxygen atoms in total. The fraction of sp³-hybridized carbons (Fsp3) is 0.500. The first-order valence-electron chi connectivity index (χ1n) is 7.54. The number of hydrogen-bond acceptors (Lipinski definition) is 3. The van der Waals surface area contributed by atoms with Gasteiger partial charge in [-0.15, -0.1) is 0 Å². The van der Waals surface area contributed by atoms with Gasteiger partial charge in [0, 0.05) is 36.1 Å². The lowest BCUT2D eigenvalue weighted by atomic mass is 10.0. The molecule has 23 heavy (non-hydrogen) atoms. The summed E-state index contributed by atoms with van der Waals surface area (Å²) >= 11 is 11.9. The van der Waals surface area contributed by atoms with Crippen LogP contribution in [0.1, 0.15) is 26.7 Å². The van der Waals surface area contributed by atoms with E-state index in [1.165, 1.54) is 6.92 Å². The summed E-state index contributed by atoms with van der Waals surface area (Å²) in [6.45, 7) is 4.42. The molecule has 1 unspecified atom stereocenters. The normalized spacial score (nSPS) is 16.8. The van der Waals surface area contributed by atoms with Gasteiger partial charge in [-0.25, -0.2) is 0 Å². The molecule has 0 spiro atoms. The second kappa shape index (κ2) is 7.88.